The van der Waals surface area contributed by atoms with Crippen LogP contribution >= 0.6 is 0 Å². The molecule has 1 nitrogen and oxygen atoms in total. The van der Waals surface area contributed by atoms with E-state index in [9.17, 15) is 0 Å². The molecule has 0 aromatic heterocycles. The van der Waals surface area contributed by atoms with Crippen LogP contribution in [0.15, 0.2) is 24.3 Å². The minimum atomic E-state index is 0.351. The van der Waals surface area contributed by atoms with Crippen LogP contribution in [0.5, 0.6) is 0 Å². The normalized spacial score (nSPS) is 11.9. The summed E-state index contributed by atoms with van der Waals surface area (Å²) < 4.78 is 0. The fourth-order valence-electron chi connectivity index (χ4n) is 1.73. The number of allylic oxidation sites excluding steroid dienone is 4. The van der Waals surface area contributed by atoms with E-state index in [0.29, 0.717) is 6.61 Å². The van der Waals surface area contributed by atoms with E-state index >= 15 is 0 Å². The van der Waals surface area contributed by atoms with Gasteiger partial charge in [-0.3, -0.25) is 0 Å². The average molecular weight is 238 g/mol. The highest BCUT2D eigenvalue weighted by atomic mass is 16.2. The van der Waals surface area contributed by atoms with Crippen molar-refractivity contribution in [2.24, 2.45) is 0 Å². The first-order valence-electron chi connectivity index (χ1n) is 7.32. The minimum Gasteiger partial charge on any atom is -0.396 e. The Morgan fingerprint density at radius 1 is 0.706 bits per heavy atom. The van der Waals surface area contributed by atoms with Gasteiger partial charge in [0.25, 0.3) is 0 Å². The van der Waals surface area contributed by atoms with Gasteiger partial charge in [0.2, 0.25) is 0 Å². The van der Waals surface area contributed by atoms with Crippen LogP contribution in [0.1, 0.15) is 71.1 Å². The Bertz CT molecular complexity index is 182. The Kier molecular flexibility index (Phi) is 14.9. The third kappa shape index (κ3) is 15.4. The predicted molar refractivity (Wildman–Crippen MR) is 77.2 cm³/mol. The lowest BCUT2D eigenvalue weighted by Gasteiger charge is -1.97. The number of rotatable bonds is 12. The lowest BCUT2D eigenvalue weighted by Crippen LogP contribution is -1.83. The van der Waals surface area contributed by atoms with Gasteiger partial charge in [0.05, 0.1) is 0 Å². The summed E-state index contributed by atoms with van der Waals surface area (Å²) in [5.41, 5.74) is 0. The van der Waals surface area contributed by atoms with Gasteiger partial charge in [-0.15, -0.1) is 0 Å². The molecule has 0 aliphatic heterocycles. The topological polar surface area (TPSA) is 20.2 Å². The molecule has 0 atom stereocenters. The van der Waals surface area contributed by atoms with Crippen LogP contribution in [0.25, 0.3) is 0 Å². The summed E-state index contributed by atoms with van der Waals surface area (Å²) in [4.78, 5) is 0. The van der Waals surface area contributed by atoms with Crippen LogP contribution in [-0.4, -0.2) is 11.7 Å². The maximum absolute atomic E-state index is 8.63. The van der Waals surface area contributed by atoms with Crippen molar-refractivity contribution < 1.29 is 5.11 Å². The molecule has 0 unspecified atom stereocenters. The summed E-state index contributed by atoms with van der Waals surface area (Å²) in [6.07, 6.45) is 21.3. The van der Waals surface area contributed by atoms with Crippen molar-refractivity contribution in [1.82, 2.24) is 0 Å². The molecule has 17 heavy (non-hydrogen) atoms. The molecule has 100 valence electrons. The first kappa shape index (κ1) is 16.4. The molecular weight excluding hydrogens is 208 g/mol. The summed E-state index contributed by atoms with van der Waals surface area (Å²) in [6, 6.07) is 0. The zero-order chi connectivity index (χ0) is 12.6. The zero-order valence-electron chi connectivity index (χ0n) is 11.5. The fraction of sp³-hybridized carbons (Fsp3) is 0.750. The molecular formula is C16H30O. The predicted octanol–water partition coefficient (Wildman–Crippen LogP) is 5.01. The van der Waals surface area contributed by atoms with Crippen molar-refractivity contribution in [3.05, 3.63) is 24.3 Å². The van der Waals surface area contributed by atoms with E-state index in [-0.39, 0.29) is 0 Å². The highest BCUT2D eigenvalue weighted by Gasteiger charge is 1.88. The lowest BCUT2D eigenvalue weighted by molar-refractivity contribution is 0.282. The van der Waals surface area contributed by atoms with Crippen LogP contribution in [0.3, 0.4) is 0 Å². The first-order chi connectivity index (χ1) is 8.41. The standard InChI is InChI=1S/C16H30O/c1-2-3-4-5-6-7-8-9-10-11-12-13-14-15-16-17/h5-6,8-9,17H,2-4,7,10-16H2,1H3/b6-5-,9-8+. The van der Waals surface area contributed by atoms with Crippen molar-refractivity contribution in [2.75, 3.05) is 6.61 Å². The molecule has 1 N–H and O–H groups in total. The van der Waals surface area contributed by atoms with E-state index in [1.807, 2.05) is 0 Å². The average Bonchev–Trinajstić information content (AvgIpc) is 2.35. The molecule has 0 bridgehead atoms. The number of hydrogen-bond acceptors (Lipinski definition) is 1. The summed E-state index contributed by atoms with van der Waals surface area (Å²) in [7, 11) is 0. The monoisotopic (exact) mass is 238 g/mol. The van der Waals surface area contributed by atoms with Gasteiger partial charge < -0.3 is 5.11 Å². The molecule has 0 heterocycles. The number of unbranched alkanes of at least 4 members (excludes halogenated alkanes) is 7. The third-order valence-electron chi connectivity index (χ3n) is 2.86. The van der Waals surface area contributed by atoms with Crippen molar-refractivity contribution in [2.45, 2.75) is 71.1 Å². The number of hydrogen-bond donors (Lipinski definition) is 1. The Labute approximate surface area is 108 Å². The first-order valence-corrected chi connectivity index (χ1v) is 7.32. The quantitative estimate of drug-likeness (QED) is 0.374. The van der Waals surface area contributed by atoms with Crippen LogP contribution in [-0.2, 0) is 0 Å². The van der Waals surface area contributed by atoms with Crippen molar-refractivity contribution in [1.29, 1.82) is 0 Å². The maximum atomic E-state index is 8.63. The SMILES string of the molecule is CCCC/C=C\C/C=C/CCCCCCCO. The van der Waals surface area contributed by atoms with Crippen LogP contribution < -0.4 is 0 Å². The van der Waals surface area contributed by atoms with Crippen LogP contribution in [0.2, 0.25) is 0 Å². The molecule has 0 amide bonds. The van der Waals surface area contributed by atoms with E-state index in [0.717, 1.165) is 12.8 Å². The molecule has 0 saturated heterocycles. The Morgan fingerprint density at radius 2 is 1.29 bits per heavy atom. The molecule has 0 rings (SSSR count). The molecule has 0 aromatic rings. The molecule has 0 saturated carbocycles. The second kappa shape index (κ2) is 15.4. The van der Waals surface area contributed by atoms with Gasteiger partial charge in [-0.05, 0) is 32.1 Å². The van der Waals surface area contributed by atoms with Gasteiger partial charge in [-0.1, -0.05) is 63.3 Å². The Balaban J connectivity index is 3.11. The van der Waals surface area contributed by atoms with Crippen molar-refractivity contribution in [3.63, 3.8) is 0 Å². The lowest BCUT2D eigenvalue weighted by atomic mass is 10.1. The van der Waals surface area contributed by atoms with Gasteiger partial charge >= 0.3 is 0 Å². The van der Waals surface area contributed by atoms with Gasteiger partial charge in [0.15, 0.2) is 0 Å². The maximum Gasteiger partial charge on any atom is 0.0431 e. The van der Waals surface area contributed by atoms with Gasteiger partial charge in [0.1, 0.15) is 0 Å². The molecule has 0 spiro atoms. The summed E-state index contributed by atoms with van der Waals surface area (Å²) in [5.74, 6) is 0. The number of aliphatic hydroxyl groups excluding tert-OH is 1. The summed E-state index contributed by atoms with van der Waals surface area (Å²) >= 11 is 0. The third-order valence-corrected chi connectivity index (χ3v) is 2.86. The van der Waals surface area contributed by atoms with Crippen LogP contribution in [0, 0.1) is 0 Å². The molecule has 0 fully saturated rings. The molecule has 0 aliphatic carbocycles. The second-order valence-electron chi connectivity index (χ2n) is 4.60. The summed E-state index contributed by atoms with van der Waals surface area (Å²) in [6.45, 7) is 2.58. The zero-order valence-corrected chi connectivity index (χ0v) is 11.5. The van der Waals surface area contributed by atoms with E-state index in [1.54, 1.807) is 0 Å². The van der Waals surface area contributed by atoms with Gasteiger partial charge in [0, 0.05) is 6.61 Å². The molecule has 0 aromatic carbocycles. The van der Waals surface area contributed by atoms with Crippen LogP contribution in [0.4, 0.5) is 0 Å². The Hall–Kier alpha value is -0.560. The van der Waals surface area contributed by atoms with Gasteiger partial charge in [-0.2, -0.15) is 0 Å². The van der Waals surface area contributed by atoms with E-state index in [1.165, 1.54) is 51.4 Å². The smallest absolute Gasteiger partial charge is 0.0431 e. The van der Waals surface area contributed by atoms with Crippen molar-refractivity contribution >= 4 is 0 Å². The van der Waals surface area contributed by atoms with Crippen molar-refractivity contribution in [3.8, 4) is 0 Å². The van der Waals surface area contributed by atoms with E-state index in [4.69, 9.17) is 5.11 Å². The largest absolute Gasteiger partial charge is 0.396 e. The summed E-state index contributed by atoms with van der Waals surface area (Å²) in [5, 5.41) is 8.63. The molecule has 0 radical (unpaired) electrons. The molecule has 0 aliphatic rings. The minimum absolute atomic E-state index is 0.351. The second-order valence-corrected chi connectivity index (χ2v) is 4.60. The van der Waals surface area contributed by atoms with E-state index in [2.05, 4.69) is 31.2 Å². The van der Waals surface area contributed by atoms with Gasteiger partial charge in [-0.25, -0.2) is 0 Å². The number of aliphatic hydroxyl groups is 1. The molecule has 1 heteroatoms. The highest BCUT2D eigenvalue weighted by molar-refractivity contribution is 4.92. The fourth-order valence-corrected chi connectivity index (χ4v) is 1.73. The Morgan fingerprint density at radius 3 is 1.94 bits per heavy atom. The highest BCUT2D eigenvalue weighted by Crippen LogP contribution is 2.05. The van der Waals surface area contributed by atoms with E-state index < -0.39 is 0 Å².